The minimum absolute atomic E-state index is 0.0172. The first-order valence-corrected chi connectivity index (χ1v) is 10.1. The smallest absolute Gasteiger partial charge is 0.141 e. The predicted molar refractivity (Wildman–Crippen MR) is 110 cm³/mol. The maximum Gasteiger partial charge on any atom is 0.141 e. The summed E-state index contributed by atoms with van der Waals surface area (Å²) in [4.78, 5) is 4.58. The molecule has 1 aromatic heterocycles. The second-order valence-electron chi connectivity index (χ2n) is 7.73. The van der Waals surface area contributed by atoms with Crippen molar-refractivity contribution in [2.45, 2.75) is 25.1 Å². The number of nitrogens with one attached hydrogen (secondary N) is 1. The molecule has 2 heterocycles. The van der Waals surface area contributed by atoms with Crippen LogP contribution in [0.4, 0.5) is 4.39 Å². The molecular weight excluding hydrogens is 389 g/mol. The fourth-order valence-corrected chi connectivity index (χ4v) is 4.43. The van der Waals surface area contributed by atoms with Crippen molar-refractivity contribution < 1.29 is 9.13 Å². The van der Waals surface area contributed by atoms with Crippen LogP contribution in [0.5, 0.6) is 0 Å². The van der Waals surface area contributed by atoms with E-state index in [2.05, 4.69) is 34.6 Å². The molecule has 2 aliphatic rings. The van der Waals surface area contributed by atoms with Gasteiger partial charge in [0.1, 0.15) is 11.6 Å². The molecule has 0 amide bonds. The SMILES string of the molecule is Fc1ccc(-n2ccnc2[C@@H]2C[C@@]3(COCc4ccccc4)C=C[C@H]3N2)cc1Cl. The fourth-order valence-electron chi connectivity index (χ4n) is 4.26. The normalized spacial score (nSPS) is 25.0. The van der Waals surface area contributed by atoms with Gasteiger partial charge >= 0.3 is 0 Å². The molecule has 6 heteroatoms. The number of benzene rings is 2. The zero-order chi connectivity index (χ0) is 19.8. The number of imidazole rings is 1. The number of halogens is 2. The molecule has 0 unspecified atom stereocenters. The van der Waals surface area contributed by atoms with Crippen molar-refractivity contribution in [3.63, 3.8) is 0 Å². The standard InChI is InChI=1S/C23H21ClFN3O/c24-18-12-17(6-7-19(18)25)28-11-10-26-22(28)20-13-23(9-8-21(23)27-20)15-29-14-16-4-2-1-3-5-16/h1-12,20-21,27H,13-15H2/t20-,21+,23+/m0/s1. The van der Waals surface area contributed by atoms with Gasteiger partial charge < -0.3 is 14.6 Å². The summed E-state index contributed by atoms with van der Waals surface area (Å²) in [5, 5.41) is 3.77. The van der Waals surface area contributed by atoms with E-state index in [1.165, 1.54) is 11.6 Å². The Labute approximate surface area is 174 Å². The molecule has 29 heavy (non-hydrogen) atoms. The van der Waals surface area contributed by atoms with Crippen molar-refractivity contribution in [3.8, 4) is 5.69 Å². The van der Waals surface area contributed by atoms with Gasteiger partial charge in [0, 0.05) is 29.5 Å². The average molecular weight is 410 g/mol. The van der Waals surface area contributed by atoms with E-state index >= 15 is 0 Å². The van der Waals surface area contributed by atoms with Crippen LogP contribution in [0.1, 0.15) is 23.9 Å². The monoisotopic (exact) mass is 409 g/mol. The number of aromatic nitrogens is 2. The molecule has 0 bridgehead atoms. The summed E-state index contributed by atoms with van der Waals surface area (Å²) < 4.78 is 21.6. The van der Waals surface area contributed by atoms with Gasteiger partial charge in [-0.05, 0) is 30.2 Å². The lowest BCUT2D eigenvalue weighted by molar-refractivity contribution is 0.0478. The van der Waals surface area contributed by atoms with Gasteiger partial charge in [-0.1, -0.05) is 54.1 Å². The van der Waals surface area contributed by atoms with E-state index in [0.717, 1.165) is 17.9 Å². The van der Waals surface area contributed by atoms with Gasteiger partial charge in [0.2, 0.25) is 0 Å². The quantitative estimate of drug-likeness (QED) is 0.592. The van der Waals surface area contributed by atoms with Crippen molar-refractivity contribution in [1.82, 2.24) is 14.9 Å². The van der Waals surface area contributed by atoms with Crippen LogP contribution in [0.25, 0.3) is 5.69 Å². The zero-order valence-corrected chi connectivity index (χ0v) is 16.5. The van der Waals surface area contributed by atoms with E-state index in [4.69, 9.17) is 16.3 Å². The Balaban J connectivity index is 1.31. The molecule has 1 aliphatic carbocycles. The summed E-state index contributed by atoms with van der Waals surface area (Å²) in [6, 6.07) is 15.3. The summed E-state index contributed by atoms with van der Waals surface area (Å²) in [6.07, 6.45) is 8.98. The molecule has 0 radical (unpaired) electrons. The molecule has 0 saturated carbocycles. The molecule has 4 nitrogen and oxygen atoms in total. The highest BCUT2D eigenvalue weighted by Gasteiger charge is 2.50. The number of hydrogen-bond acceptors (Lipinski definition) is 3. The Morgan fingerprint density at radius 3 is 2.86 bits per heavy atom. The Kier molecular flexibility index (Phi) is 4.74. The second-order valence-corrected chi connectivity index (χ2v) is 8.13. The first kappa shape index (κ1) is 18.6. The van der Waals surface area contributed by atoms with Crippen LogP contribution in [0, 0.1) is 11.2 Å². The highest BCUT2D eigenvalue weighted by atomic mass is 35.5. The Morgan fingerprint density at radius 1 is 1.24 bits per heavy atom. The number of fused-ring (bicyclic) bond motifs is 1. The largest absolute Gasteiger partial charge is 0.376 e. The van der Waals surface area contributed by atoms with Crippen LogP contribution in [0.2, 0.25) is 5.02 Å². The first-order valence-electron chi connectivity index (χ1n) is 9.70. The van der Waals surface area contributed by atoms with Crippen LogP contribution >= 0.6 is 11.6 Å². The molecular formula is C23H21ClFN3O. The minimum atomic E-state index is -0.423. The van der Waals surface area contributed by atoms with Gasteiger partial charge in [0.25, 0.3) is 0 Å². The molecule has 148 valence electrons. The molecule has 1 N–H and O–H groups in total. The van der Waals surface area contributed by atoms with E-state index in [1.54, 1.807) is 18.3 Å². The first-order chi connectivity index (χ1) is 14.1. The van der Waals surface area contributed by atoms with Gasteiger partial charge in [-0.2, -0.15) is 0 Å². The maximum atomic E-state index is 13.6. The Bertz CT molecular complexity index is 1050. The van der Waals surface area contributed by atoms with E-state index < -0.39 is 5.82 Å². The summed E-state index contributed by atoms with van der Waals surface area (Å²) in [7, 11) is 0. The van der Waals surface area contributed by atoms with Crippen LogP contribution in [-0.4, -0.2) is 22.2 Å². The molecule has 2 aromatic carbocycles. The van der Waals surface area contributed by atoms with E-state index in [-0.39, 0.29) is 22.5 Å². The van der Waals surface area contributed by atoms with Crippen molar-refractivity contribution in [3.05, 3.63) is 95.3 Å². The van der Waals surface area contributed by atoms with Crippen LogP contribution in [0.3, 0.4) is 0 Å². The van der Waals surface area contributed by atoms with Gasteiger partial charge in [-0.3, -0.25) is 0 Å². The lowest BCUT2D eigenvalue weighted by Gasteiger charge is -2.37. The van der Waals surface area contributed by atoms with Crippen LogP contribution in [-0.2, 0) is 11.3 Å². The zero-order valence-electron chi connectivity index (χ0n) is 15.8. The van der Waals surface area contributed by atoms with Crippen molar-refractivity contribution in [2.75, 3.05) is 6.61 Å². The summed E-state index contributed by atoms with van der Waals surface area (Å²) in [5.41, 5.74) is 1.96. The summed E-state index contributed by atoms with van der Waals surface area (Å²) in [5.74, 6) is 0.471. The van der Waals surface area contributed by atoms with Crippen LogP contribution in [0.15, 0.2) is 73.1 Å². The van der Waals surface area contributed by atoms with E-state index in [9.17, 15) is 4.39 Å². The fraction of sp³-hybridized carbons (Fsp3) is 0.261. The van der Waals surface area contributed by atoms with E-state index in [1.807, 2.05) is 29.0 Å². The molecule has 1 aliphatic heterocycles. The van der Waals surface area contributed by atoms with Gasteiger partial charge in [-0.15, -0.1) is 0 Å². The molecule has 1 fully saturated rings. The average Bonchev–Trinajstić information content (AvgIpc) is 3.30. The highest BCUT2D eigenvalue weighted by molar-refractivity contribution is 6.30. The molecule has 3 atom stereocenters. The molecule has 5 rings (SSSR count). The van der Waals surface area contributed by atoms with Crippen molar-refractivity contribution >= 4 is 11.6 Å². The minimum Gasteiger partial charge on any atom is -0.376 e. The van der Waals surface area contributed by atoms with E-state index in [0.29, 0.717) is 13.2 Å². The van der Waals surface area contributed by atoms with Gasteiger partial charge in [0.05, 0.1) is 24.3 Å². The number of nitrogens with zero attached hydrogens (tertiary/aromatic N) is 2. The topological polar surface area (TPSA) is 39.1 Å². The molecule has 0 spiro atoms. The third-order valence-corrected chi connectivity index (χ3v) is 6.14. The third kappa shape index (κ3) is 3.39. The van der Waals surface area contributed by atoms with Gasteiger partial charge in [0.15, 0.2) is 0 Å². The summed E-state index contributed by atoms with van der Waals surface area (Å²) >= 11 is 5.98. The third-order valence-electron chi connectivity index (χ3n) is 5.85. The number of rotatable bonds is 6. The molecule has 1 saturated heterocycles. The second kappa shape index (κ2) is 7.41. The number of ether oxygens (including phenoxy) is 1. The highest BCUT2D eigenvalue weighted by Crippen LogP contribution is 2.48. The van der Waals surface area contributed by atoms with Crippen molar-refractivity contribution in [1.29, 1.82) is 0 Å². The Hall–Kier alpha value is -2.47. The van der Waals surface area contributed by atoms with Crippen molar-refractivity contribution in [2.24, 2.45) is 5.41 Å². The maximum absolute atomic E-state index is 13.6. The Morgan fingerprint density at radius 2 is 2.10 bits per heavy atom. The lowest BCUT2D eigenvalue weighted by atomic mass is 9.72. The van der Waals surface area contributed by atoms with Crippen LogP contribution < -0.4 is 5.32 Å². The summed E-state index contributed by atoms with van der Waals surface area (Å²) in [6.45, 7) is 1.27. The molecule has 3 aromatic rings. The van der Waals surface area contributed by atoms with Gasteiger partial charge in [-0.25, -0.2) is 9.37 Å². The lowest BCUT2D eigenvalue weighted by Crippen LogP contribution is -2.43. The predicted octanol–water partition coefficient (Wildman–Crippen LogP) is 4.84. The number of hydrogen-bond donors (Lipinski definition) is 1.